The van der Waals surface area contributed by atoms with Crippen LogP contribution >= 0.6 is 0 Å². The first-order valence-corrected chi connectivity index (χ1v) is 8.98. The van der Waals surface area contributed by atoms with Crippen molar-refractivity contribution in [3.63, 3.8) is 0 Å². The van der Waals surface area contributed by atoms with Crippen LogP contribution in [0, 0.1) is 0 Å². The van der Waals surface area contributed by atoms with Crippen molar-refractivity contribution in [1.29, 1.82) is 0 Å². The summed E-state index contributed by atoms with van der Waals surface area (Å²) in [4.78, 5) is 18.5. The van der Waals surface area contributed by atoms with E-state index < -0.39 is 0 Å². The first-order valence-electron chi connectivity index (χ1n) is 8.98. The normalized spacial score (nSPS) is 18.3. The summed E-state index contributed by atoms with van der Waals surface area (Å²) in [5.41, 5.74) is 1.85. The predicted molar refractivity (Wildman–Crippen MR) is 101 cm³/mol. The molecule has 1 fully saturated rings. The van der Waals surface area contributed by atoms with Gasteiger partial charge in [-0.2, -0.15) is 0 Å². The van der Waals surface area contributed by atoms with Crippen molar-refractivity contribution in [3.8, 4) is 0 Å². The summed E-state index contributed by atoms with van der Waals surface area (Å²) in [7, 11) is 0. The molecule has 1 aliphatic rings. The van der Waals surface area contributed by atoms with Crippen LogP contribution in [0.25, 0.3) is 6.08 Å². The third-order valence-electron chi connectivity index (χ3n) is 4.58. The van der Waals surface area contributed by atoms with Crippen LogP contribution in [0.1, 0.15) is 35.2 Å². The fourth-order valence-corrected chi connectivity index (χ4v) is 3.21. The lowest BCUT2D eigenvalue weighted by atomic mass is 10.0. The first kappa shape index (κ1) is 17.4. The number of amides is 1. The number of hydrogen-bond donors (Lipinski definition) is 1. The zero-order chi connectivity index (χ0) is 17.3. The lowest BCUT2D eigenvalue weighted by Crippen LogP contribution is -2.43. The minimum absolute atomic E-state index is 0.0542. The van der Waals surface area contributed by atoms with Crippen molar-refractivity contribution in [2.45, 2.75) is 25.3 Å². The number of carbonyl (C=O) groups is 1. The number of carbonyl (C=O) groups excluding carboxylic acids is 1. The molecule has 0 radical (unpaired) electrons. The molecule has 25 heavy (non-hydrogen) atoms. The van der Waals surface area contributed by atoms with E-state index in [4.69, 9.17) is 0 Å². The maximum atomic E-state index is 12.1. The van der Waals surface area contributed by atoms with E-state index >= 15 is 0 Å². The Bertz CT molecular complexity index is 685. The summed E-state index contributed by atoms with van der Waals surface area (Å²) in [6, 6.07) is 14.4. The van der Waals surface area contributed by atoms with Crippen LogP contribution in [0.5, 0.6) is 0 Å². The van der Waals surface area contributed by atoms with Gasteiger partial charge in [-0.1, -0.05) is 48.9 Å². The molecule has 2 heterocycles. The molecule has 1 atom stereocenters. The van der Waals surface area contributed by atoms with Gasteiger partial charge in [0, 0.05) is 31.5 Å². The van der Waals surface area contributed by atoms with Crippen LogP contribution < -0.4 is 5.32 Å². The fourth-order valence-electron chi connectivity index (χ4n) is 3.21. The molecule has 4 heteroatoms. The second-order valence-electron chi connectivity index (χ2n) is 6.37. The second-order valence-corrected chi connectivity index (χ2v) is 6.37. The zero-order valence-corrected chi connectivity index (χ0v) is 14.5. The van der Waals surface area contributed by atoms with Gasteiger partial charge < -0.3 is 5.32 Å². The summed E-state index contributed by atoms with van der Waals surface area (Å²) in [5, 5.41) is 3.00. The summed E-state index contributed by atoms with van der Waals surface area (Å²) in [5.74, 6) is -0.0542. The van der Waals surface area contributed by atoms with Gasteiger partial charge >= 0.3 is 0 Å². The van der Waals surface area contributed by atoms with Gasteiger partial charge in [-0.25, -0.2) is 0 Å². The molecule has 0 bridgehead atoms. The van der Waals surface area contributed by atoms with Crippen LogP contribution in [0.15, 0.2) is 60.9 Å². The van der Waals surface area contributed by atoms with E-state index in [1.54, 1.807) is 24.5 Å². The molecule has 1 aromatic heterocycles. The van der Waals surface area contributed by atoms with Crippen LogP contribution in [0.3, 0.4) is 0 Å². The molecule has 4 nitrogen and oxygen atoms in total. The van der Waals surface area contributed by atoms with E-state index in [0.717, 1.165) is 13.1 Å². The summed E-state index contributed by atoms with van der Waals surface area (Å²) >= 11 is 0. The highest BCUT2D eigenvalue weighted by Gasteiger charge is 2.19. The molecule has 0 saturated carbocycles. The predicted octanol–water partition coefficient (Wildman–Crippen LogP) is 3.38. The summed E-state index contributed by atoms with van der Waals surface area (Å²) < 4.78 is 0. The van der Waals surface area contributed by atoms with Crippen LogP contribution in [-0.4, -0.2) is 41.5 Å². The van der Waals surface area contributed by atoms with Crippen LogP contribution in [-0.2, 0) is 0 Å². The van der Waals surface area contributed by atoms with Gasteiger partial charge in [-0.3, -0.25) is 14.7 Å². The number of nitrogens with one attached hydrogen (secondary N) is 1. The van der Waals surface area contributed by atoms with Crippen molar-refractivity contribution >= 4 is 12.0 Å². The number of rotatable bonds is 6. The van der Waals surface area contributed by atoms with Gasteiger partial charge in [0.05, 0.1) is 5.56 Å². The molecule has 2 aromatic rings. The number of piperidine rings is 1. The molecule has 0 spiro atoms. The molecule has 130 valence electrons. The van der Waals surface area contributed by atoms with E-state index in [-0.39, 0.29) is 5.91 Å². The Hall–Kier alpha value is -2.46. The second kappa shape index (κ2) is 9.14. The molecule has 0 aliphatic carbocycles. The highest BCUT2D eigenvalue weighted by atomic mass is 16.1. The number of nitrogens with zero attached hydrogens (tertiary/aromatic N) is 2. The summed E-state index contributed by atoms with van der Waals surface area (Å²) in [6.45, 7) is 2.62. The molecule has 1 saturated heterocycles. The van der Waals surface area contributed by atoms with Crippen molar-refractivity contribution in [3.05, 3.63) is 72.1 Å². The minimum atomic E-state index is -0.0542. The van der Waals surface area contributed by atoms with Gasteiger partial charge in [-0.15, -0.1) is 0 Å². The molecule has 1 unspecified atom stereocenters. The molecule has 1 aliphatic heterocycles. The van der Waals surface area contributed by atoms with Gasteiger partial charge in [0.2, 0.25) is 0 Å². The van der Waals surface area contributed by atoms with Gasteiger partial charge in [0.1, 0.15) is 0 Å². The van der Waals surface area contributed by atoms with Crippen molar-refractivity contribution in [2.75, 3.05) is 19.6 Å². The average molecular weight is 335 g/mol. The standard InChI is InChI=1S/C21H25N3O/c25-21(19-9-6-13-22-17-19)23-14-16-24-15-5-4-10-20(24)12-11-18-7-2-1-3-8-18/h1-3,6-9,11-13,17,20H,4-5,10,14-16H2,(H,23,25)/b12-11+. The Labute approximate surface area is 149 Å². The largest absolute Gasteiger partial charge is 0.351 e. The molecule has 1 aromatic carbocycles. The molecular weight excluding hydrogens is 310 g/mol. The monoisotopic (exact) mass is 335 g/mol. The number of benzene rings is 1. The van der Waals surface area contributed by atoms with E-state index in [0.29, 0.717) is 18.2 Å². The quantitative estimate of drug-likeness (QED) is 0.880. The van der Waals surface area contributed by atoms with E-state index in [1.165, 1.54) is 24.8 Å². The third kappa shape index (κ3) is 5.26. The molecule has 3 rings (SSSR count). The van der Waals surface area contributed by atoms with E-state index in [1.807, 2.05) is 6.07 Å². The topological polar surface area (TPSA) is 45.2 Å². The first-order chi connectivity index (χ1) is 12.3. The van der Waals surface area contributed by atoms with Gasteiger partial charge in [0.25, 0.3) is 5.91 Å². The lowest BCUT2D eigenvalue weighted by Gasteiger charge is -2.34. The fraction of sp³-hybridized carbons (Fsp3) is 0.333. The molecule has 1 amide bonds. The van der Waals surface area contributed by atoms with Crippen molar-refractivity contribution in [1.82, 2.24) is 15.2 Å². The maximum absolute atomic E-state index is 12.1. The Morgan fingerprint density at radius 3 is 2.88 bits per heavy atom. The Kier molecular flexibility index (Phi) is 6.35. The smallest absolute Gasteiger partial charge is 0.252 e. The van der Waals surface area contributed by atoms with E-state index in [9.17, 15) is 4.79 Å². The van der Waals surface area contributed by atoms with E-state index in [2.05, 4.69) is 51.6 Å². The maximum Gasteiger partial charge on any atom is 0.252 e. The minimum Gasteiger partial charge on any atom is -0.351 e. The highest BCUT2D eigenvalue weighted by molar-refractivity contribution is 5.93. The molecular formula is C21H25N3O. The summed E-state index contributed by atoms with van der Waals surface area (Å²) in [6.07, 6.45) is 11.5. The average Bonchev–Trinajstić information content (AvgIpc) is 2.68. The lowest BCUT2D eigenvalue weighted by molar-refractivity contribution is 0.0941. The number of pyridine rings is 1. The zero-order valence-electron chi connectivity index (χ0n) is 14.5. The third-order valence-corrected chi connectivity index (χ3v) is 4.58. The number of hydrogen-bond acceptors (Lipinski definition) is 3. The van der Waals surface area contributed by atoms with Gasteiger partial charge in [-0.05, 0) is 37.1 Å². The number of aromatic nitrogens is 1. The van der Waals surface area contributed by atoms with Crippen LogP contribution in [0.4, 0.5) is 0 Å². The van der Waals surface area contributed by atoms with Crippen LogP contribution in [0.2, 0.25) is 0 Å². The van der Waals surface area contributed by atoms with Crippen molar-refractivity contribution in [2.24, 2.45) is 0 Å². The Morgan fingerprint density at radius 1 is 1.20 bits per heavy atom. The highest BCUT2D eigenvalue weighted by Crippen LogP contribution is 2.18. The molecule has 1 N–H and O–H groups in total. The van der Waals surface area contributed by atoms with Crippen molar-refractivity contribution < 1.29 is 4.79 Å². The van der Waals surface area contributed by atoms with Gasteiger partial charge in [0.15, 0.2) is 0 Å². The Morgan fingerprint density at radius 2 is 2.08 bits per heavy atom. The SMILES string of the molecule is O=C(NCCN1CCCCC1/C=C/c1ccccc1)c1cccnc1. The number of likely N-dealkylation sites (tertiary alicyclic amines) is 1. The Balaban J connectivity index is 1.51.